The molecule has 0 saturated heterocycles. The van der Waals surface area contributed by atoms with E-state index in [9.17, 15) is 0 Å². The summed E-state index contributed by atoms with van der Waals surface area (Å²) in [6.07, 6.45) is 28.8. The summed E-state index contributed by atoms with van der Waals surface area (Å²) in [6, 6.07) is 54.8. The van der Waals surface area contributed by atoms with Gasteiger partial charge in [0.15, 0.2) is 0 Å². The van der Waals surface area contributed by atoms with Crippen molar-refractivity contribution in [3.05, 3.63) is 179 Å². The Balaban J connectivity index is 0.944. The molecule has 0 unspecified atom stereocenters. The Morgan fingerprint density at radius 3 is 0.861 bits per heavy atom. The highest BCUT2D eigenvalue weighted by molar-refractivity contribution is 8.00. The first-order valence-corrected chi connectivity index (χ1v) is 29.2. The molecule has 0 amide bonds. The molecule has 10 rings (SSSR count). The molecule has 0 radical (unpaired) electrons. The van der Waals surface area contributed by atoms with Crippen LogP contribution in [0.2, 0.25) is 0 Å². The van der Waals surface area contributed by atoms with Gasteiger partial charge < -0.3 is 14.7 Å². The Bertz CT molecular complexity index is 2740. The van der Waals surface area contributed by atoms with E-state index in [4.69, 9.17) is 0 Å². The Morgan fingerprint density at radius 1 is 0.278 bits per heavy atom. The fourth-order valence-corrected chi connectivity index (χ4v) is 13.7. The summed E-state index contributed by atoms with van der Waals surface area (Å²) in [7, 11) is 0. The SMILES string of the molecule is CCCCCCN1c2ccccc2Sc2cc(/C=C/c3cc(/C=C/c4ccc5c(c4)Sc4ccccc4N5CCCCCC)cc(/C=C/c4ccc5c(c4)Sc4ccccc4N5CCCCCC)c3)ccc21. The molecule has 6 heteroatoms. The standard InChI is InChI=1S/C66H69N3S3/c1-4-7-10-19-40-67-55-22-13-16-25-61(55)70-64-46-49(34-37-58(64)67)28-31-52-43-53(32-29-50-35-38-59-65(47-50)71-62-26-17-14-23-56(62)68(59)41-20-11-8-5-2)45-54(44-52)33-30-51-36-39-60-66(48-51)72-63-27-18-15-24-57(63)69(60)42-21-12-9-6-3/h13-18,22-39,43-48H,4-12,19-21,40-42H2,1-3H3/b31-28+,32-29+,33-30+. The number of rotatable bonds is 21. The van der Waals surface area contributed by atoms with Crippen molar-refractivity contribution in [2.75, 3.05) is 34.3 Å². The molecule has 72 heavy (non-hydrogen) atoms. The first-order chi connectivity index (χ1) is 35.5. The van der Waals surface area contributed by atoms with Crippen LogP contribution in [-0.2, 0) is 0 Å². The van der Waals surface area contributed by atoms with Crippen molar-refractivity contribution in [1.82, 2.24) is 0 Å². The van der Waals surface area contributed by atoms with Crippen molar-refractivity contribution in [2.24, 2.45) is 0 Å². The molecular weight excluding hydrogens is 931 g/mol. The maximum absolute atomic E-state index is 2.55. The van der Waals surface area contributed by atoms with Crippen molar-refractivity contribution in [2.45, 2.75) is 127 Å². The van der Waals surface area contributed by atoms with Gasteiger partial charge in [0.1, 0.15) is 0 Å². The lowest BCUT2D eigenvalue weighted by molar-refractivity contribution is 0.665. The van der Waals surface area contributed by atoms with E-state index >= 15 is 0 Å². The number of anilines is 6. The predicted molar refractivity (Wildman–Crippen MR) is 318 cm³/mol. The Kier molecular flexibility index (Phi) is 16.8. The molecular formula is C66H69N3S3. The van der Waals surface area contributed by atoms with Gasteiger partial charge in [-0.25, -0.2) is 0 Å². The molecule has 0 saturated carbocycles. The van der Waals surface area contributed by atoms with Crippen molar-refractivity contribution >= 4 is 106 Å². The van der Waals surface area contributed by atoms with Gasteiger partial charge in [0.2, 0.25) is 0 Å². The molecule has 7 aromatic rings. The second-order valence-electron chi connectivity index (χ2n) is 19.5. The summed E-state index contributed by atoms with van der Waals surface area (Å²) in [6.45, 7) is 10.00. The minimum atomic E-state index is 1.04. The van der Waals surface area contributed by atoms with E-state index in [0.29, 0.717) is 0 Å². The van der Waals surface area contributed by atoms with E-state index in [1.165, 1.54) is 174 Å². The molecule has 0 aromatic heterocycles. The third-order valence-corrected chi connectivity index (χ3v) is 17.4. The fourth-order valence-electron chi connectivity index (χ4n) is 10.2. The van der Waals surface area contributed by atoms with E-state index in [0.717, 1.165) is 19.6 Å². The average Bonchev–Trinajstić information content (AvgIpc) is 3.41. The van der Waals surface area contributed by atoms with Crippen LogP contribution in [0.4, 0.5) is 34.1 Å². The van der Waals surface area contributed by atoms with Crippen LogP contribution in [0.3, 0.4) is 0 Å². The van der Waals surface area contributed by atoms with Gasteiger partial charge in [0.05, 0.1) is 34.1 Å². The summed E-state index contributed by atoms with van der Waals surface area (Å²) in [4.78, 5) is 15.6. The molecule has 3 nitrogen and oxygen atoms in total. The zero-order chi connectivity index (χ0) is 49.1. The molecule has 0 aliphatic carbocycles. The molecule has 3 heterocycles. The second-order valence-corrected chi connectivity index (χ2v) is 22.7. The van der Waals surface area contributed by atoms with Gasteiger partial charge in [-0.15, -0.1) is 0 Å². The summed E-state index contributed by atoms with van der Waals surface area (Å²) < 4.78 is 0. The lowest BCUT2D eigenvalue weighted by atomic mass is 10.0. The highest BCUT2D eigenvalue weighted by Gasteiger charge is 2.26. The maximum Gasteiger partial charge on any atom is 0.0553 e. The van der Waals surface area contributed by atoms with Crippen LogP contribution in [0.1, 0.15) is 131 Å². The largest absolute Gasteiger partial charge is 0.340 e. The number of para-hydroxylation sites is 3. The zero-order valence-corrected chi connectivity index (χ0v) is 44.9. The van der Waals surface area contributed by atoms with Crippen molar-refractivity contribution < 1.29 is 0 Å². The molecule has 0 spiro atoms. The van der Waals surface area contributed by atoms with Crippen molar-refractivity contribution in [1.29, 1.82) is 0 Å². The van der Waals surface area contributed by atoms with E-state index in [1.54, 1.807) is 0 Å². The number of hydrogen-bond acceptors (Lipinski definition) is 6. The van der Waals surface area contributed by atoms with Crippen LogP contribution in [-0.4, -0.2) is 19.6 Å². The highest BCUT2D eigenvalue weighted by Crippen LogP contribution is 2.51. The lowest BCUT2D eigenvalue weighted by Crippen LogP contribution is -2.22. The van der Waals surface area contributed by atoms with Gasteiger partial charge in [-0.3, -0.25) is 0 Å². The Morgan fingerprint density at radius 2 is 0.556 bits per heavy atom. The van der Waals surface area contributed by atoms with Crippen LogP contribution < -0.4 is 14.7 Å². The first kappa shape index (κ1) is 49.8. The number of fused-ring (bicyclic) bond motifs is 6. The molecule has 3 aliphatic rings. The smallest absolute Gasteiger partial charge is 0.0553 e. The number of hydrogen-bond donors (Lipinski definition) is 0. The molecule has 0 bridgehead atoms. The van der Waals surface area contributed by atoms with E-state index in [1.807, 2.05) is 35.3 Å². The molecule has 0 fully saturated rings. The topological polar surface area (TPSA) is 9.72 Å². The summed E-state index contributed by atoms with van der Waals surface area (Å²) in [5.74, 6) is 0. The summed E-state index contributed by atoms with van der Waals surface area (Å²) >= 11 is 5.69. The van der Waals surface area contributed by atoms with Crippen LogP contribution in [0.15, 0.2) is 175 Å². The van der Waals surface area contributed by atoms with Crippen LogP contribution in [0.5, 0.6) is 0 Å². The molecule has 7 aromatic carbocycles. The highest BCUT2D eigenvalue weighted by atomic mass is 32.2. The monoisotopic (exact) mass is 999 g/mol. The lowest BCUT2D eigenvalue weighted by Gasteiger charge is -2.33. The quantitative estimate of drug-likeness (QED) is 0.0520. The van der Waals surface area contributed by atoms with E-state index in [-0.39, 0.29) is 0 Å². The third kappa shape index (κ3) is 11.8. The molecule has 0 atom stereocenters. The van der Waals surface area contributed by atoms with Crippen molar-refractivity contribution in [3.8, 4) is 0 Å². The zero-order valence-electron chi connectivity index (χ0n) is 42.5. The Hall–Kier alpha value is -5.79. The summed E-state index contributed by atoms with van der Waals surface area (Å²) in [5, 5.41) is 0. The van der Waals surface area contributed by atoms with Gasteiger partial charge in [-0.05, 0) is 144 Å². The Labute approximate surface area is 443 Å². The van der Waals surface area contributed by atoms with Gasteiger partial charge >= 0.3 is 0 Å². The fraction of sp³-hybridized carbons (Fsp3) is 0.273. The number of nitrogens with zero attached hydrogens (tertiary/aromatic N) is 3. The van der Waals surface area contributed by atoms with Gasteiger partial charge in [-0.1, -0.05) is 205 Å². The van der Waals surface area contributed by atoms with Crippen molar-refractivity contribution in [3.63, 3.8) is 0 Å². The van der Waals surface area contributed by atoms with Gasteiger partial charge in [0.25, 0.3) is 0 Å². The summed E-state index contributed by atoms with van der Waals surface area (Å²) in [5.41, 5.74) is 15.1. The third-order valence-electron chi connectivity index (χ3n) is 14.1. The molecule has 366 valence electrons. The average molecular weight is 1000 g/mol. The van der Waals surface area contributed by atoms with Crippen LogP contribution in [0.25, 0.3) is 36.5 Å². The minimum Gasteiger partial charge on any atom is -0.340 e. The van der Waals surface area contributed by atoms with Crippen LogP contribution >= 0.6 is 35.3 Å². The second kappa shape index (κ2) is 24.3. The van der Waals surface area contributed by atoms with E-state index in [2.05, 4.69) is 218 Å². The van der Waals surface area contributed by atoms with Gasteiger partial charge in [-0.2, -0.15) is 0 Å². The van der Waals surface area contributed by atoms with Crippen LogP contribution in [0, 0.1) is 0 Å². The van der Waals surface area contributed by atoms with Gasteiger partial charge in [0, 0.05) is 49.0 Å². The number of benzene rings is 7. The number of unbranched alkanes of at least 4 members (excludes halogenated alkanes) is 9. The molecule has 3 aliphatic heterocycles. The van der Waals surface area contributed by atoms with E-state index < -0.39 is 0 Å². The normalized spacial score (nSPS) is 13.6. The maximum atomic E-state index is 2.55. The molecule has 0 N–H and O–H groups in total. The minimum absolute atomic E-state index is 1.04. The first-order valence-electron chi connectivity index (χ1n) is 26.8. The predicted octanol–water partition coefficient (Wildman–Crippen LogP) is 20.7.